The Morgan fingerprint density at radius 2 is 1.94 bits per heavy atom. The lowest BCUT2D eigenvalue weighted by atomic mass is 10.0. The van der Waals surface area contributed by atoms with Gasteiger partial charge >= 0.3 is 5.97 Å². The van der Waals surface area contributed by atoms with E-state index < -0.39 is 24.0 Å². The summed E-state index contributed by atoms with van der Waals surface area (Å²) in [6.45, 7) is 1.85. The number of rotatable bonds is 6. The van der Waals surface area contributed by atoms with Crippen LogP contribution in [0.1, 0.15) is 29.1 Å². The van der Waals surface area contributed by atoms with Crippen molar-refractivity contribution in [2.75, 3.05) is 18.6 Å². The van der Waals surface area contributed by atoms with Gasteiger partial charge in [0, 0.05) is 23.5 Å². The number of aromatic nitrogens is 2. The van der Waals surface area contributed by atoms with E-state index in [1.54, 1.807) is 42.3 Å². The van der Waals surface area contributed by atoms with Crippen LogP contribution < -0.4 is 15.0 Å². The van der Waals surface area contributed by atoms with Crippen molar-refractivity contribution in [1.29, 1.82) is 5.26 Å². The van der Waals surface area contributed by atoms with Crippen molar-refractivity contribution in [3.63, 3.8) is 0 Å². The summed E-state index contributed by atoms with van der Waals surface area (Å²) >= 11 is 5.58. The van der Waals surface area contributed by atoms with Crippen LogP contribution in [0.25, 0.3) is 5.69 Å². The van der Waals surface area contributed by atoms with Gasteiger partial charge in [-0.25, -0.2) is 9.48 Å². The van der Waals surface area contributed by atoms with E-state index in [-0.39, 0.29) is 17.3 Å². The zero-order chi connectivity index (χ0) is 24.2. The first-order valence-electron chi connectivity index (χ1n) is 10.5. The Bertz CT molecular complexity index is 1280. The molecule has 0 bridgehead atoms. The van der Waals surface area contributed by atoms with E-state index in [1.807, 2.05) is 36.4 Å². The van der Waals surface area contributed by atoms with E-state index >= 15 is 0 Å². The Labute approximate surface area is 201 Å². The zero-order valence-electron chi connectivity index (χ0n) is 18.5. The Morgan fingerprint density at radius 3 is 2.62 bits per heavy atom. The molecule has 0 radical (unpaired) electrons. The second kappa shape index (κ2) is 9.72. The monoisotopic (exact) mass is 475 g/mol. The molecule has 0 saturated carbocycles. The van der Waals surface area contributed by atoms with Gasteiger partial charge in [0.05, 0.1) is 25.5 Å². The second-order valence-corrected chi connectivity index (χ2v) is 7.73. The lowest BCUT2D eigenvalue weighted by molar-refractivity contribution is -0.123. The number of thiocarbonyl (C=S) groups is 1. The average Bonchev–Trinajstić information content (AvgIpc) is 3.30. The van der Waals surface area contributed by atoms with E-state index in [9.17, 15) is 14.9 Å². The van der Waals surface area contributed by atoms with Crippen molar-refractivity contribution in [2.45, 2.75) is 13.1 Å². The van der Waals surface area contributed by atoms with Gasteiger partial charge in [-0.05, 0) is 31.2 Å². The van der Waals surface area contributed by atoms with Crippen LogP contribution >= 0.6 is 12.2 Å². The number of nitriles is 1. The number of carbonyl (C=O) groups excluding carboxylic acids is 2. The molecule has 1 saturated heterocycles. The van der Waals surface area contributed by atoms with Gasteiger partial charge in [0.25, 0.3) is 0 Å². The third-order valence-corrected chi connectivity index (χ3v) is 5.70. The highest BCUT2D eigenvalue weighted by molar-refractivity contribution is 7.80. The first-order valence-corrected chi connectivity index (χ1v) is 10.9. The van der Waals surface area contributed by atoms with Crippen molar-refractivity contribution in [1.82, 2.24) is 15.1 Å². The molecular formula is C24H21N5O4S. The van der Waals surface area contributed by atoms with Crippen molar-refractivity contribution in [3.05, 3.63) is 72.1 Å². The van der Waals surface area contributed by atoms with E-state index in [4.69, 9.17) is 21.7 Å². The van der Waals surface area contributed by atoms with Gasteiger partial charge < -0.3 is 19.7 Å². The fraction of sp³-hybridized carbons (Fsp3) is 0.208. The summed E-state index contributed by atoms with van der Waals surface area (Å²) < 4.78 is 12.1. The Kier molecular flexibility index (Phi) is 6.56. The minimum Gasteiger partial charge on any atom is -0.497 e. The predicted molar refractivity (Wildman–Crippen MR) is 128 cm³/mol. The minimum absolute atomic E-state index is 0.0297. The van der Waals surface area contributed by atoms with Crippen LogP contribution in [0, 0.1) is 17.2 Å². The molecular weight excluding hydrogens is 454 g/mol. The standard InChI is InChI=1S/C24H21N5O4S/c1-3-33-24(31)20-19(14-28(27-20)15-8-5-4-6-9-15)21-26-22(30)18(13-25)23(34)29(21)16-10-7-11-17(12-16)32-2/h4-12,14,18,21H,3H2,1-2H3,(H,26,30). The normalized spacial score (nSPS) is 17.6. The number of amides is 1. The molecule has 172 valence electrons. The topological polar surface area (TPSA) is 109 Å². The highest BCUT2D eigenvalue weighted by atomic mass is 32.1. The van der Waals surface area contributed by atoms with Gasteiger partial charge in [-0.2, -0.15) is 10.4 Å². The summed E-state index contributed by atoms with van der Waals surface area (Å²) in [7, 11) is 1.54. The molecule has 1 fully saturated rings. The molecule has 9 nitrogen and oxygen atoms in total. The number of nitrogens with one attached hydrogen (secondary N) is 1. The Hall–Kier alpha value is -4.23. The molecule has 2 heterocycles. The number of anilines is 1. The Morgan fingerprint density at radius 1 is 1.21 bits per heavy atom. The smallest absolute Gasteiger partial charge is 0.359 e. The third-order valence-electron chi connectivity index (χ3n) is 5.27. The van der Waals surface area contributed by atoms with Gasteiger partial charge in [-0.1, -0.05) is 36.5 Å². The van der Waals surface area contributed by atoms with Gasteiger partial charge in [-0.15, -0.1) is 0 Å². The number of benzene rings is 2. The molecule has 2 atom stereocenters. The predicted octanol–water partition coefficient (Wildman–Crippen LogP) is 3.16. The summed E-state index contributed by atoms with van der Waals surface area (Å²) in [5.41, 5.74) is 1.70. The lowest BCUT2D eigenvalue weighted by Crippen LogP contribution is -2.56. The average molecular weight is 476 g/mol. The molecule has 2 aromatic carbocycles. The van der Waals surface area contributed by atoms with E-state index in [1.165, 1.54) is 11.8 Å². The molecule has 3 aromatic rings. The molecule has 10 heteroatoms. The third kappa shape index (κ3) is 4.21. The number of esters is 1. The van der Waals surface area contributed by atoms with Crippen LogP contribution in [-0.4, -0.2) is 40.4 Å². The van der Waals surface area contributed by atoms with Crippen LogP contribution in [0.3, 0.4) is 0 Å². The highest BCUT2D eigenvalue weighted by Gasteiger charge is 2.42. The maximum absolute atomic E-state index is 12.8. The quantitative estimate of drug-likeness (QED) is 0.428. The number of para-hydroxylation sites is 1. The summed E-state index contributed by atoms with van der Waals surface area (Å²) in [5, 5.41) is 16.9. The van der Waals surface area contributed by atoms with E-state index in [2.05, 4.69) is 10.4 Å². The summed E-state index contributed by atoms with van der Waals surface area (Å²) in [6, 6.07) is 18.2. The molecule has 4 rings (SSSR count). The van der Waals surface area contributed by atoms with Crippen LogP contribution in [0.5, 0.6) is 5.75 Å². The van der Waals surface area contributed by atoms with E-state index in [0.29, 0.717) is 22.7 Å². The Balaban J connectivity index is 1.89. The molecule has 1 aliphatic rings. The van der Waals surface area contributed by atoms with Gasteiger partial charge in [0.2, 0.25) is 5.91 Å². The van der Waals surface area contributed by atoms with Crippen LogP contribution in [-0.2, 0) is 9.53 Å². The molecule has 2 unspecified atom stereocenters. The second-order valence-electron chi connectivity index (χ2n) is 7.32. The number of ether oxygens (including phenoxy) is 2. The lowest BCUT2D eigenvalue weighted by Gasteiger charge is -2.39. The maximum atomic E-state index is 12.8. The largest absolute Gasteiger partial charge is 0.497 e. The van der Waals surface area contributed by atoms with Crippen LogP contribution in [0.15, 0.2) is 60.8 Å². The van der Waals surface area contributed by atoms with Crippen molar-refractivity contribution < 1.29 is 19.1 Å². The highest BCUT2D eigenvalue weighted by Crippen LogP contribution is 2.35. The van der Waals surface area contributed by atoms with Crippen LogP contribution in [0.2, 0.25) is 0 Å². The first kappa shape index (κ1) is 22.9. The number of carbonyl (C=O) groups is 2. The van der Waals surface area contributed by atoms with Gasteiger partial charge in [0.15, 0.2) is 11.6 Å². The fourth-order valence-corrected chi connectivity index (χ4v) is 4.06. The minimum atomic E-state index is -1.17. The summed E-state index contributed by atoms with van der Waals surface area (Å²) in [4.78, 5) is 27.4. The number of hydrogen-bond acceptors (Lipinski definition) is 7. The SMILES string of the molecule is CCOC(=O)c1nn(-c2ccccc2)cc1C1NC(=O)C(C#N)C(=S)N1c1cccc(OC)c1. The number of hydrogen-bond donors (Lipinski definition) is 1. The summed E-state index contributed by atoms with van der Waals surface area (Å²) in [5.74, 6) is -1.80. The van der Waals surface area contributed by atoms with Crippen molar-refractivity contribution in [2.24, 2.45) is 5.92 Å². The fourth-order valence-electron chi connectivity index (χ4n) is 3.69. The van der Waals surface area contributed by atoms with Gasteiger partial charge in [-0.3, -0.25) is 4.79 Å². The number of nitrogens with zero attached hydrogens (tertiary/aromatic N) is 4. The molecule has 1 amide bonds. The zero-order valence-corrected chi connectivity index (χ0v) is 19.3. The summed E-state index contributed by atoms with van der Waals surface area (Å²) in [6.07, 6.45) is 0.739. The molecule has 1 aliphatic heterocycles. The van der Waals surface area contributed by atoms with Crippen molar-refractivity contribution in [3.8, 4) is 17.5 Å². The first-order chi connectivity index (χ1) is 16.5. The molecule has 0 aliphatic carbocycles. The van der Waals surface area contributed by atoms with Gasteiger partial charge in [0.1, 0.15) is 16.9 Å². The molecule has 0 spiro atoms. The molecule has 1 N–H and O–H groups in total. The van der Waals surface area contributed by atoms with Crippen molar-refractivity contribution >= 4 is 34.8 Å². The number of methoxy groups -OCH3 is 1. The van der Waals surface area contributed by atoms with Crippen LogP contribution in [0.4, 0.5) is 5.69 Å². The maximum Gasteiger partial charge on any atom is 0.359 e. The molecule has 34 heavy (non-hydrogen) atoms. The molecule has 1 aromatic heterocycles. The van der Waals surface area contributed by atoms with E-state index in [0.717, 1.165) is 0 Å².